The van der Waals surface area contributed by atoms with Crippen molar-refractivity contribution in [1.82, 2.24) is 0 Å². The van der Waals surface area contributed by atoms with E-state index in [1.807, 2.05) is 0 Å². The van der Waals surface area contributed by atoms with Gasteiger partial charge in [-0.25, -0.2) is 0 Å². The Balaban J connectivity index is 3.23. The first-order valence-electron chi connectivity index (χ1n) is 4.64. The highest BCUT2D eigenvalue weighted by molar-refractivity contribution is 9.13. The second kappa shape index (κ2) is 5.53. The molecule has 78 valence electrons. The third-order valence-electron chi connectivity index (χ3n) is 2.51. The van der Waals surface area contributed by atoms with E-state index in [9.17, 15) is 0 Å². The molecule has 0 heterocycles. The van der Waals surface area contributed by atoms with Crippen LogP contribution in [0.1, 0.15) is 37.3 Å². The van der Waals surface area contributed by atoms with Gasteiger partial charge in [-0.1, -0.05) is 19.9 Å². The van der Waals surface area contributed by atoms with Gasteiger partial charge in [-0.15, -0.1) is 11.6 Å². The molecule has 14 heavy (non-hydrogen) atoms. The molecule has 0 N–H and O–H groups in total. The van der Waals surface area contributed by atoms with Crippen LogP contribution < -0.4 is 0 Å². The Bertz CT molecular complexity index is 323. The Kier molecular flexibility index (Phi) is 4.95. The molecule has 0 aliphatic rings. The minimum atomic E-state index is 0.555. The molecular weight excluding hydrogens is 327 g/mol. The van der Waals surface area contributed by atoms with Gasteiger partial charge < -0.3 is 0 Å². The molecule has 0 saturated heterocycles. The number of alkyl halides is 1. The van der Waals surface area contributed by atoms with Crippen molar-refractivity contribution in [1.29, 1.82) is 0 Å². The molecular formula is C11H13Br2Cl. The Labute approximate surface area is 107 Å². The molecule has 1 aromatic rings. The Hall–Kier alpha value is 0.470. The summed E-state index contributed by atoms with van der Waals surface area (Å²) >= 11 is 13.0. The van der Waals surface area contributed by atoms with E-state index in [1.165, 1.54) is 11.1 Å². The van der Waals surface area contributed by atoms with Crippen molar-refractivity contribution < 1.29 is 0 Å². The highest BCUT2D eigenvalue weighted by Crippen LogP contribution is 2.34. The third kappa shape index (κ3) is 2.53. The van der Waals surface area contributed by atoms with Crippen LogP contribution in [-0.2, 0) is 5.88 Å². The Morgan fingerprint density at radius 1 is 1.36 bits per heavy atom. The predicted molar refractivity (Wildman–Crippen MR) is 70.1 cm³/mol. The molecule has 3 heteroatoms. The van der Waals surface area contributed by atoms with Gasteiger partial charge in [0, 0.05) is 14.8 Å². The van der Waals surface area contributed by atoms with Crippen LogP contribution in [0.2, 0.25) is 0 Å². The molecule has 1 rings (SSSR count). The minimum Gasteiger partial charge on any atom is -0.121 e. The molecule has 0 aliphatic heterocycles. The zero-order chi connectivity index (χ0) is 10.7. The Morgan fingerprint density at radius 3 is 2.50 bits per heavy atom. The average Bonchev–Trinajstić information content (AvgIpc) is 2.20. The van der Waals surface area contributed by atoms with Gasteiger partial charge >= 0.3 is 0 Å². The fraction of sp³-hybridized carbons (Fsp3) is 0.455. The third-order valence-corrected chi connectivity index (χ3v) is 4.88. The molecule has 0 spiro atoms. The van der Waals surface area contributed by atoms with Gasteiger partial charge in [0.2, 0.25) is 0 Å². The molecule has 0 nitrogen and oxygen atoms in total. The first-order chi connectivity index (χ1) is 6.61. The average molecular weight is 340 g/mol. The topological polar surface area (TPSA) is 0 Å². The maximum Gasteiger partial charge on any atom is 0.0488 e. The van der Waals surface area contributed by atoms with E-state index in [2.05, 4.69) is 57.8 Å². The molecule has 1 unspecified atom stereocenters. The molecule has 0 radical (unpaired) electrons. The van der Waals surface area contributed by atoms with Crippen LogP contribution in [0, 0.1) is 0 Å². The first kappa shape index (κ1) is 12.5. The zero-order valence-corrected chi connectivity index (χ0v) is 12.2. The van der Waals surface area contributed by atoms with E-state index in [0.29, 0.717) is 11.8 Å². The van der Waals surface area contributed by atoms with Crippen molar-refractivity contribution in [2.24, 2.45) is 0 Å². The van der Waals surface area contributed by atoms with Gasteiger partial charge in [0.15, 0.2) is 0 Å². The number of benzene rings is 1. The molecule has 0 fully saturated rings. The Morgan fingerprint density at radius 2 is 2.00 bits per heavy atom. The summed E-state index contributed by atoms with van der Waals surface area (Å²) in [5, 5.41) is 0. The van der Waals surface area contributed by atoms with E-state index in [4.69, 9.17) is 11.6 Å². The van der Waals surface area contributed by atoms with E-state index >= 15 is 0 Å². The summed E-state index contributed by atoms with van der Waals surface area (Å²) in [5.41, 5.74) is 2.55. The molecule has 1 atom stereocenters. The number of halogens is 3. The molecule has 1 aromatic carbocycles. The molecule has 0 bridgehead atoms. The minimum absolute atomic E-state index is 0.555. The lowest BCUT2D eigenvalue weighted by Gasteiger charge is -2.15. The summed E-state index contributed by atoms with van der Waals surface area (Å²) in [7, 11) is 0. The number of hydrogen-bond acceptors (Lipinski definition) is 0. The van der Waals surface area contributed by atoms with Crippen molar-refractivity contribution in [3.8, 4) is 0 Å². The smallest absolute Gasteiger partial charge is 0.0488 e. The lowest BCUT2D eigenvalue weighted by Crippen LogP contribution is -1.98. The quantitative estimate of drug-likeness (QED) is 0.641. The summed E-state index contributed by atoms with van der Waals surface area (Å²) in [6.07, 6.45) is 1.14. The molecule has 0 amide bonds. The van der Waals surface area contributed by atoms with Crippen LogP contribution in [-0.4, -0.2) is 0 Å². The SMILES string of the molecule is CCC(C)c1ccc(Br)c(Br)c1CCl. The van der Waals surface area contributed by atoms with Gasteiger partial charge in [-0.05, 0) is 61.4 Å². The molecule has 0 aliphatic carbocycles. The number of rotatable bonds is 3. The van der Waals surface area contributed by atoms with Crippen molar-refractivity contribution in [3.05, 3.63) is 32.2 Å². The van der Waals surface area contributed by atoms with Crippen LogP contribution in [0.3, 0.4) is 0 Å². The largest absolute Gasteiger partial charge is 0.121 e. The van der Waals surface area contributed by atoms with Gasteiger partial charge in [0.05, 0.1) is 0 Å². The van der Waals surface area contributed by atoms with Crippen LogP contribution in [0.4, 0.5) is 0 Å². The fourth-order valence-electron chi connectivity index (χ4n) is 1.42. The van der Waals surface area contributed by atoms with Gasteiger partial charge in [-0.3, -0.25) is 0 Å². The van der Waals surface area contributed by atoms with Crippen LogP contribution in [0.5, 0.6) is 0 Å². The van der Waals surface area contributed by atoms with E-state index in [1.54, 1.807) is 0 Å². The second-order valence-electron chi connectivity index (χ2n) is 3.37. The molecule has 0 aromatic heterocycles. The van der Waals surface area contributed by atoms with Crippen LogP contribution in [0.15, 0.2) is 21.1 Å². The normalized spacial score (nSPS) is 12.9. The zero-order valence-electron chi connectivity index (χ0n) is 8.28. The summed E-state index contributed by atoms with van der Waals surface area (Å²) in [6.45, 7) is 4.42. The fourth-order valence-corrected chi connectivity index (χ4v) is 2.75. The lowest BCUT2D eigenvalue weighted by molar-refractivity contribution is 0.726. The monoisotopic (exact) mass is 338 g/mol. The van der Waals surface area contributed by atoms with E-state index < -0.39 is 0 Å². The molecule has 0 saturated carbocycles. The van der Waals surface area contributed by atoms with E-state index in [0.717, 1.165) is 15.4 Å². The van der Waals surface area contributed by atoms with Crippen molar-refractivity contribution in [2.45, 2.75) is 32.1 Å². The predicted octanol–water partition coefficient (Wildman–Crippen LogP) is 5.46. The van der Waals surface area contributed by atoms with Gasteiger partial charge in [0.1, 0.15) is 0 Å². The second-order valence-corrected chi connectivity index (χ2v) is 5.29. The maximum absolute atomic E-state index is 5.96. The summed E-state index contributed by atoms with van der Waals surface area (Å²) in [4.78, 5) is 0. The summed E-state index contributed by atoms with van der Waals surface area (Å²) in [5.74, 6) is 1.12. The van der Waals surface area contributed by atoms with Gasteiger partial charge in [0.25, 0.3) is 0 Å². The highest BCUT2D eigenvalue weighted by Gasteiger charge is 2.13. The number of hydrogen-bond donors (Lipinski definition) is 0. The standard InChI is InChI=1S/C11H13Br2Cl/c1-3-7(2)8-4-5-10(12)11(13)9(8)6-14/h4-5,7H,3,6H2,1-2H3. The van der Waals surface area contributed by atoms with Gasteiger partial charge in [-0.2, -0.15) is 0 Å². The highest BCUT2D eigenvalue weighted by atomic mass is 79.9. The van der Waals surface area contributed by atoms with E-state index in [-0.39, 0.29) is 0 Å². The maximum atomic E-state index is 5.96. The summed E-state index contributed by atoms with van der Waals surface area (Å²) in [6, 6.07) is 4.22. The first-order valence-corrected chi connectivity index (χ1v) is 6.76. The van der Waals surface area contributed by atoms with Crippen LogP contribution in [0.25, 0.3) is 0 Å². The van der Waals surface area contributed by atoms with Crippen molar-refractivity contribution in [2.75, 3.05) is 0 Å². The van der Waals surface area contributed by atoms with Crippen LogP contribution >= 0.6 is 43.5 Å². The summed E-state index contributed by atoms with van der Waals surface area (Å²) < 4.78 is 2.16. The lowest BCUT2D eigenvalue weighted by atomic mass is 9.94. The van der Waals surface area contributed by atoms with Crippen molar-refractivity contribution in [3.63, 3.8) is 0 Å². The van der Waals surface area contributed by atoms with Crippen molar-refractivity contribution >= 4 is 43.5 Å².